The Morgan fingerprint density at radius 3 is 2.79 bits per heavy atom. The molecule has 2 aromatic rings. The minimum atomic E-state index is -0.0435. The van der Waals surface area contributed by atoms with Gasteiger partial charge in [0.25, 0.3) is 0 Å². The molecule has 3 rings (SSSR count). The van der Waals surface area contributed by atoms with Crippen LogP contribution in [0, 0.1) is 6.92 Å². The number of benzene rings is 1. The van der Waals surface area contributed by atoms with Gasteiger partial charge < -0.3 is 0 Å². The van der Waals surface area contributed by atoms with E-state index in [0.29, 0.717) is 0 Å². The smallest absolute Gasteiger partial charge is 0.191 e. The second-order valence-electron chi connectivity index (χ2n) is 4.79. The summed E-state index contributed by atoms with van der Waals surface area (Å²) in [6, 6.07) is 12.2. The molecule has 0 bridgehead atoms. The van der Waals surface area contributed by atoms with Crippen LogP contribution in [0.1, 0.15) is 20.8 Å². The molecular weight excluding hydrogens is 254 g/mol. The largest absolute Gasteiger partial charge is 0.297 e. The Kier molecular flexibility index (Phi) is 3.32. The van der Waals surface area contributed by atoms with E-state index in [4.69, 9.17) is 0 Å². The normalized spacial score (nSPS) is 21.7. The highest BCUT2D eigenvalue weighted by molar-refractivity contribution is 7.12. The summed E-state index contributed by atoms with van der Waals surface area (Å²) in [4.78, 5) is 13.0. The van der Waals surface area contributed by atoms with Gasteiger partial charge in [0.15, 0.2) is 5.78 Å². The van der Waals surface area contributed by atoms with Crippen LogP contribution in [-0.4, -0.2) is 17.9 Å². The number of rotatable bonds is 4. The van der Waals surface area contributed by atoms with Crippen molar-refractivity contribution in [1.82, 2.24) is 5.32 Å². The fourth-order valence-corrected chi connectivity index (χ4v) is 2.93. The summed E-state index contributed by atoms with van der Waals surface area (Å²) in [5.74, 6) is 0.209. The van der Waals surface area contributed by atoms with E-state index < -0.39 is 0 Å². The first-order valence-corrected chi connectivity index (χ1v) is 7.21. The highest BCUT2D eigenvalue weighted by atomic mass is 32.1. The lowest BCUT2D eigenvalue weighted by atomic mass is 10.1. The molecule has 1 aliphatic rings. The Labute approximate surface area is 116 Å². The minimum Gasteiger partial charge on any atom is -0.297 e. The predicted molar refractivity (Wildman–Crippen MR) is 79.6 cm³/mol. The zero-order valence-corrected chi connectivity index (χ0v) is 11.5. The summed E-state index contributed by atoms with van der Waals surface area (Å²) >= 11 is 1.53. The number of nitrogens with one attached hydrogen (secondary N) is 1. The van der Waals surface area contributed by atoms with Crippen molar-refractivity contribution < 1.29 is 4.79 Å². The highest BCUT2D eigenvalue weighted by Crippen LogP contribution is 2.23. The third-order valence-electron chi connectivity index (χ3n) is 3.17. The van der Waals surface area contributed by atoms with Crippen molar-refractivity contribution in [3.05, 3.63) is 63.9 Å². The van der Waals surface area contributed by atoms with Gasteiger partial charge in [0.05, 0.1) is 10.9 Å². The van der Waals surface area contributed by atoms with E-state index in [1.165, 1.54) is 11.3 Å². The fraction of sp³-hybridized carbons (Fsp3) is 0.188. The average molecular weight is 269 g/mol. The molecule has 3 heteroatoms. The van der Waals surface area contributed by atoms with Gasteiger partial charge in [0.2, 0.25) is 0 Å². The first-order valence-electron chi connectivity index (χ1n) is 6.33. The number of thiophene rings is 1. The van der Waals surface area contributed by atoms with Gasteiger partial charge >= 0.3 is 0 Å². The number of hydrogen-bond acceptors (Lipinski definition) is 3. The quantitative estimate of drug-likeness (QED) is 0.683. The van der Waals surface area contributed by atoms with E-state index in [0.717, 1.165) is 16.0 Å². The van der Waals surface area contributed by atoms with Crippen molar-refractivity contribution in [3.63, 3.8) is 0 Å². The van der Waals surface area contributed by atoms with Gasteiger partial charge in [-0.25, -0.2) is 0 Å². The maximum absolute atomic E-state index is 12.2. The van der Waals surface area contributed by atoms with Gasteiger partial charge in [-0.1, -0.05) is 42.5 Å². The molecule has 2 nitrogen and oxygen atoms in total. The maximum Gasteiger partial charge on any atom is 0.191 e. The van der Waals surface area contributed by atoms with Crippen molar-refractivity contribution in [1.29, 1.82) is 0 Å². The van der Waals surface area contributed by atoms with Crippen LogP contribution in [0.25, 0.3) is 6.08 Å². The predicted octanol–water partition coefficient (Wildman–Crippen LogP) is 3.29. The SMILES string of the molecule is Cc1csc(C(=O)[C@H]2N[C@@H]2/C=C/c2ccccc2)c1. The van der Waals surface area contributed by atoms with E-state index in [9.17, 15) is 4.79 Å². The van der Waals surface area contributed by atoms with Crippen LogP contribution in [0.15, 0.2) is 47.9 Å². The molecular formula is C16H15NOS. The van der Waals surface area contributed by atoms with Crippen LogP contribution in [0.2, 0.25) is 0 Å². The van der Waals surface area contributed by atoms with E-state index in [1.54, 1.807) is 0 Å². The Hall–Kier alpha value is -1.71. The van der Waals surface area contributed by atoms with Gasteiger partial charge in [-0.05, 0) is 29.5 Å². The van der Waals surface area contributed by atoms with E-state index in [1.807, 2.05) is 36.6 Å². The fourth-order valence-electron chi connectivity index (χ4n) is 2.05. The van der Waals surface area contributed by atoms with Crippen molar-refractivity contribution in [3.8, 4) is 0 Å². The van der Waals surface area contributed by atoms with Crippen LogP contribution < -0.4 is 5.32 Å². The number of aryl methyl sites for hydroxylation is 1. The van der Waals surface area contributed by atoms with E-state index >= 15 is 0 Å². The van der Waals surface area contributed by atoms with Crippen molar-refractivity contribution >= 4 is 23.2 Å². The van der Waals surface area contributed by atoms with Crippen LogP contribution in [-0.2, 0) is 0 Å². The van der Waals surface area contributed by atoms with Crippen molar-refractivity contribution in [2.45, 2.75) is 19.0 Å². The second kappa shape index (κ2) is 5.11. The molecule has 1 N–H and O–H groups in total. The van der Waals surface area contributed by atoms with Crippen LogP contribution in [0.3, 0.4) is 0 Å². The Morgan fingerprint density at radius 2 is 2.11 bits per heavy atom. The van der Waals surface area contributed by atoms with E-state index in [2.05, 4.69) is 29.6 Å². The average Bonchev–Trinajstić information content (AvgIpc) is 3.09. The first-order chi connectivity index (χ1) is 9.24. The molecule has 1 fully saturated rings. The molecule has 1 aromatic heterocycles. The van der Waals surface area contributed by atoms with Gasteiger partial charge in [0.1, 0.15) is 0 Å². The van der Waals surface area contributed by atoms with Gasteiger partial charge in [-0.15, -0.1) is 11.3 Å². The number of Topliss-reactive ketones (excluding diaryl/α,β-unsaturated/α-hetero) is 1. The molecule has 0 aliphatic carbocycles. The molecule has 0 radical (unpaired) electrons. The lowest BCUT2D eigenvalue weighted by Gasteiger charge is -1.92. The van der Waals surface area contributed by atoms with E-state index in [-0.39, 0.29) is 17.9 Å². The second-order valence-corrected chi connectivity index (χ2v) is 5.70. The summed E-state index contributed by atoms with van der Waals surface area (Å²) in [6.07, 6.45) is 4.13. The highest BCUT2D eigenvalue weighted by Gasteiger charge is 2.40. The number of ketones is 1. The first kappa shape index (κ1) is 12.3. The van der Waals surface area contributed by atoms with Crippen molar-refractivity contribution in [2.24, 2.45) is 0 Å². The molecule has 0 saturated carbocycles. The lowest BCUT2D eigenvalue weighted by molar-refractivity contribution is 0.0993. The molecule has 1 aliphatic heterocycles. The molecule has 0 amide bonds. The zero-order valence-electron chi connectivity index (χ0n) is 10.7. The summed E-state index contributed by atoms with van der Waals surface area (Å²) in [6.45, 7) is 2.01. The Morgan fingerprint density at radius 1 is 1.32 bits per heavy atom. The number of carbonyl (C=O) groups is 1. The molecule has 1 aromatic carbocycles. The summed E-state index contributed by atoms with van der Waals surface area (Å²) < 4.78 is 0. The summed E-state index contributed by atoms with van der Waals surface area (Å²) in [5.41, 5.74) is 2.32. The molecule has 0 spiro atoms. The van der Waals surface area contributed by atoms with Gasteiger partial charge in [-0.2, -0.15) is 0 Å². The Balaban J connectivity index is 1.62. The molecule has 2 heterocycles. The van der Waals surface area contributed by atoms with Crippen molar-refractivity contribution in [2.75, 3.05) is 0 Å². The molecule has 2 atom stereocenters. The molecule has 96 valence electrons. The standard InChI is InChI=1S/C16H15NOS/c1-11-9-14(19-10-11)16(18)15-13(17-15)8-7-12-5-3-2-4-6-12/h2-10,13,15,17H,1H3/b8-7+/t13-,15+/m1/s1. The number of hydrogen-bond donors (Lipinski definition) is 1. The lowest BCUT2D eigenvalue weighted by Crippen LogP contribution is -2.09. The minimum absolute atomic E-state index is 0.0435. The van der Waals surface area contributed by atoms with Crippen LogP contribution in [0.4, 0.5) is 0 Å². The van der Waals surface area contributed by atoms with Gasteiger partial charge in [0, 0.05) is 6.04 Å². The molecule has 1 saturated heterocycles. The number of carbonyl (C=O) groups excluding carboxylic acids is 1. The monoisotopic (exact) mass is 269 g/mol. The Bertz CT molecular complexity index is 615. The summed E-state index contributed by atoms with van der Waals surface area (Å²) in [5, 5.41) is 5.24. The van der Waals surface area contributed by atoms with Crippen LogP contribution >= 0.6 is 11.3 Å². The molecule has 19 heavy (non-hydrogen) atoms. The summed E-state index contributed by atoms with van der Waals surface area (Å²) in [7, 11) is 0. The third-order valence-corrected chi connectivity index (χ3v) is 4.24. The molecule has 0 unspecified atom stereocenters. The van der Waals surface area contributed by atoms with Gasteiger partial charge in [-0.3, -0.25) is 10.1 Å². The maximum atomic E-state index is 12.2. The topological polar surface area (TPSA) is 39.0 Å². The third kappa shape index (κ3) is 2.83. The van der Waals surface area contributed by atoms with Crippen LogP contribution in [0.5, 0.6) is 0 Å². The zero-order chi connectivity index (χ0) is 13.2.